The molecule has 2 unspecified atom stereocenters. The van der Waals surface area contributed by atoms with Crippen molar-refractivity contribution in [2.24, 2.45) is 0 Å². The van der Waals surface area contributed by atoms with Crippen molar-refractivity contribution in [2.45, 2.75) is 37.6 Å². The van der Waals surface area contributed by atoms with Gasteiger partial charge in [-0.2, -0.15) is 0 Å². The number of carbonyl (C=O) groups is 1. The largest absolute Gasteiger partial charge is 0.493 e. The van der Waals surface area contributed by atoms with Gasteiger partial charge in [-0.05, 0) is 48.6 Å². The molecule has 1 fully saturated rings. The average Bonchev–Trinajstić information content (AvgIpc) is 3.36. The van der Waals surface area contributed by atoms with Gasteiger partial charge in [-0.15, -0.1) is 0 Å². The summed E-state index contributed by atoms with van der Waals surface area (Å²) in [5, 5.41) is 0. The fourth-order valence-electron chi connectivity index (χ4n) is 6.04. The van der Waals surface area contributed by atoms with Crippen LogP contribution in [0.2, 0.25) is 0 Å². The van der Waals surface area contributed by atoms with Gasteiger partial charge in [-0.25, -0.2) is 0 Å². The number of piperidine rings is 1. The first-order valence-electron chi connectivity index (χ1n) is 11.3. The summed E-state index contributed by atoms with van der Waals surface area (Å²) in [5.74, 6) is 1.87. The van der Waals surface area contributed by atoms with Gasteiger partial charge in [0.1, 0.15) is 5.75 Å². The number of hydrogen-bond donors (Lipinski definition) is 0. The van der Waals surface area contributed by atoms with Crippen molar-refractivity contribution in [3.63, 3.8) is 0 Å². The number of nitrogens with zero attached hydrogens (tertiary/aromatic N) is 3. The smallest absolute Gasteiger partial charge is 0.246 e. The van der Waals surface area contributed by atoms with Gasteiger partial charge in [0.05, 0.1) is 24.5 Å². The number of hydrogen-bond acceptors (Lipinski definition) is 4. The number of fused-ring (bicyclic) bond motifs is 4. The number of para-hydroxylation sites is 2. The maximum Gasteiger partial charge on any atom is 0.246 e. The van der Waals surface area contributed by atoms with E-state index in [0.29, 0.717) is 18.5 Å². The van der Waals surface area contributed by atoms with E-state index in [1.54, 1.807) is 0 Å². The second kappa shape index (κ2) is 7.02. The van der Waals surface area contributed by atoms with E-state index in [1.807, 2.05) is 11.9 Å². The Morgan fingerprint density at radius 2 is 2.07 bits per heavy atom. The van der Waals surface area contributed by atoms with Crippen LogP contribution in [-0.2, 0) is 17.6 Å². The van der Waals surface area contributed by atoms with Crippen LogP contribution >= 0.6 is 0 Å². The molecule has 4 aliphatic rings. The number of aryl methyl sites for hydroxylation is 1. The second-order valence-electron chi connectivity index (χ2n) is 9.17. The van der Waals surface area contributed by atoms with E-state index < -0.39 is 0 Å². The molecule has 1 saturated heterocycles. The lowest BCUT2D eigenvalue weighted by Gasteiger charge is -2.41. The summed E-state index contributed by atoms with van der Waals surface area (Å²) >= 11 is 0. The van der Waals surface area contributed by atoms with E-state index in [9.17, 15) is 4.79 Å². The highest BCUT2D eigenvalue weighted by Crippen LogP contribution is 2.50. The summed E-state index contributed by atoms with van der Waals surface area (Å²) in [6, 6.07) is 13.6. The summed E-state index contributed by atoms with van der Waals surface area (Å²) in [7, 11) is 1.91. The van der Waals surface area contributed by atoms with E-state index in [-0.39, 0.29) is 5.91 Å². The van der Waals surface area contributed by atoms with Crippen LogP contribution in [0.3, 0.4) is 0 Å². The first-order chi connectivity index (χ1) is 14.7. The summed E-state index contributed by atoms with van der Waals surface area (Å²) < 4.78 is 5.88. The predicted molar refractivity (Wildman–Crippen MR) is 119 cm³/mol. The summed E-state index contributed by atoms with van der Waals surface area (Å²) in [6.07, 6.45) is 4.43. The molecule has 0 saturated carbocycles. The molecule has 0 aliphatic carbocycles. The highest BCUT2D eigenvalue weighted by Gasteiger charge is 2.46. The van der Waals surface area contributed by atoms with Crippen molar-refractivity contribution in [3.8, 4) is 5.75 Å². The van der Waals surface area contributed by atoms with Gasteiger partial charge in [-0.3, -0.25) is 4.79 Å². The monoisotopic (exact) mass is 403 g/mol. The van der Waals surface area contributed by atoms with E-state index >= 15 is 0 Å². The lowest BCUT2D eigenvalue weighted by Crippen LogP contribution is -2.51. The Kier molecular flexibility index (Phi) is 4.27. The molecule has 156 valence electrons. The number of amides is 1. The highest BCUT2D eigenvalue weighted by molar-refractivity contribution is 6.04. The van der Waals surface area contributed by atoms with Gasteiger partial charge in [0.25, 0.3) is 0 Å². The summed E-state index contributed by atoms with van der Waals surface area (Å²) in [6.45, 7) is 4.70. The Hall–Kier alpha value is -2.53. The van der Waals surface area contributed by atoms with E-state index in [4.69, 9.17) is 4.74 Å². The molecule has 0 bridgehead atoms. The molecule has 4 heterocycles. The average molecular weight is 404 g/mol. The number of likely N-dealkylation sites (tertiary alicyclic amines) is 1. The van der Waals surface area contributed by atoms with Gasteiger partial charge < -0.3 is 19.4 Å². The van der Waals surface area contributed by atoms with Crippen LogP contribution in [0.5, 0.6) is 5.75 Å². The first kappa shape index (κ1) is 18.3. The van der Waals surface area contributed by atoms with Crippen molar-refractivity contribution in [1.29, 1.82) is 0 Å². The van der Waals surface area contributed by atoms with Gasteiger partial charge in [0.2, 0.25) is 5.91 Å². The minimum absolute atomic E-state index is 0.209. The van der Waals surface area contributed by atoms with Crippen LogP contribution in [0.1, 0.15) is 35.4 Å². The Morgan fingerprint density at radius 1 is 1.17 bits per heavy atom. The third kappa shape index (κ3) is 2.75. The van der Waals surface area contributed by atoms with Crippen LogP contribution in [0.15, 0.2) is 36.4 Å². The molecule has 2 aromatic rings. The minimum Gasteiger partial charge on any atom is -0.493 e. The standard InChI is InChI=1S/C25H29N3O2/c1-26-22-9-3-8-19-20-15-27(13-10-21(20)28(24(19)22)16-23(26)29)12-4-7-17-5-2-6-18-11-14-30-25(17)18/h2-3,5-6,8-9,20-21H,4,7,10-16H2,1H3. The second-order valence-corrected chi connectivity index (χ2v) is 9.17. The van der Waals surface area contributed by atoms with Crippen LogP contribution in [0.4, 0.5) is 11.4 Å². The number of likely N-dealkylation sites (N-methyl/N-ethyl adjacent to an activating group) is 1. The Balaban J connectivity index is 1.15. The molecular weight excluding hydrogens is 374 g/mol. The molecule has 0 aromatic heterocycles. The van der Waals surface area contributed by atoms with E-state index in [2.05, 4.69) is 46.2 Å². The van der Waals surface area contributed by atoms with Crippen LogP contribution in [-0.4, -0.2) is 56.7 Å². The SMILES string of the molecule is CN1C(=O)CN2c3c(cccc31)C1CN(CCCc3cccc4c3OCC4)CCC12. The maximum absolute atomic E-state index is 12.5. The fourth-order valence-corrected chi connectivity index (χ4v) is 6.04. The van der Waals surface area contributed by atoms with Crippen molar-refractivity contribution in [2.75, 3.05) is 49.6 Å². The topological polar surface area (TPSA) is 36.0 Å². The predicted octanol–water partition coefficient (Wildman–Crippen LogP) is 3.21. The van der Waals surface area contributed by atoms with Gasteiger partial charge in [0, 0.05) is 38.5 Å². The molecule has 0 N–H and O–H groups in total. The van der Waals surface area contributed by atoms with Gasteiger partial charge >= 0.3 is 0 Å². The molecule has 5 heteroatoms. The zero-order valence-electron chi connectivity index (χ0n) is 17.6. The Labute approximate surface area is 178 Å². The van der Waals surface area contributed by atoms with Crippen molar-refractivity contribution < 1.29 is 9.53 Å². The third-order valence-electron chi connectivity index (χ3n) is 7.55. The third-order valence-corrected chi connectivity index (χ3v) is 7.55. The molecule has 5 nitrogen and oxygen atoms in total. The molecule has 4 aliphatic heterocycles. The lowest BCUT2D eigenvalue weighted by atomic mass is 9.89. The van der Waals surface area contributed by atoms with Crippen molar-refractivity contribution >= 4 is 17.3 Å². The zero-order valence-corrected chi connectivity index (χ0v) is 17.6. The fraction of sp³-hybridized carbons (Fsp3) is 0.480. The molecule has 30 heavy (non-hydrogen) atoms. The number of rotatable bonds is 4. The lowest BCUT2D eigenvalue weighted by molar-refractivity contribution is -0.117. The number of carbonyl (C=O) groups excluding carboxylic acids is 1. The zero-order chi connectivity index (χ0) is 20.2. The molecule has 1 amide bonds. The van der Waals surface area contributed by atoms with Crippen LogP contribution < -0.4 is 14.5 Å². The van der Waals surface area contributed by atoms with Crippen LogP contribution in [0.25, 0.3) is 0 Å². The van der Waals surface area contributed by atoms with Crippen molar-refractivity contribution in [3.05, 3.63) is 53.1 Å². The summed E-state index contributed by atoms with van der Waals surface area (Å²) in [5.41, 5.74) is 6.58. The quantitative estimate of drug-likeness (QED) is 0.786. The molecule has 6 rings (SSSR count). The van der Waals surface area contributed by atoms with Gasteiger partial charge in [0.15, 0.2) is 0 Å². The van der Waals surface area contributed by atoms with E-state index in [1.165, 1.54) is 22.4 Å². The first-order valence-corrected chi connectivity index (χ1v) is 11.3. The highest BCUT2D eigenvalue weighted by atomic mass is 16.5. The molecule has 2 atom stereocenters. The Morgan fingerprint density at radius 3 is 3.00 bits per heavy atom. The summed E-state index contributed by atoms with van der Waals surface area (Å²) in [4.78, 5) is 19.4. The molecule has 0 radical (unpaired) electrons. The van der Waals surface area contributed by atoms with Crippen LogP contribution in [0, 0.1) is 0 Å². The Bertz CT molecular complexity index is 1000. The molecule has 2 aromatic carbocycles. The molecule has 0 spiro atoms. The van der Waals surface area contributed by atoms with Crippen molar-refractivity contribution in [1.82, 2.24) is 4.90 Å². The maximum atomic E-state index is 12.5. The number of ether oxygens (including phenoxy) is 1. The van der Waals surface area contributed by atoms with Gasteiger partial charge in [-0.1, -0.05) is 30.3 Å². The number of anilines is 2. The number of benzene rings is 2. The van der Waals surface area contributed by atoms with E-state index in [0.717, 1.165) is 63.4 Å². The normalized spacial score (nSPS) is 24.5. The molecular formula is C25H29N3O2. The minimum atomic E-state index is 0.209.